The second kappa shape index (κ2) is 6.52. The summed E-state index contributed by atoms with van der Waals surface area (Å²) >= 11 is 1.46. The highest BCUT2D eigenvalue weighted by Crippen LogP contribution is 2.44. The van der Waals surface area contributed by atoms with Crippen molar-refractivity contribution in [3.8, 4) is 0 Å². The molecule has 4 rings (SSSR count). The molecule has 8 heteroatoms. The van der Waals surface area contributed by atoms with Crippen LogP contribution in [0.4, 0.5) is 8.78 Å². The third-order valence-electron chi connectivity index (χ3n) is 5.09. The number of carbonyl (C=O) groups excluding carboxylic acids is 1. The van der Waals surface area contributed by atoms with Gasteiger partial charge in [0.25, 0.3) is 11.8 Å². The topological polar surface area (TPSA) is 41.6 Å². The number of fused-ring (bicyclic) bond motifs is 2. The van der Waals surface area contributed by atoms with E-state index >= 15 is 0 Å². The maximum atomic E-state index is 13.4. The lowest BCUT2D eigenvalue weighted by Crippen LogP contribution is -2.44. The number of ether oxygens (including phenoxy) is 1. The fourth-order valence-corrected chi connectivity index (χ4v) is 5.03. The van der Waals surface area contributed by atoms with E-state index < -0.39 is 12.5 Å². The Morgan fingerprint density at radius 3 is 2.71 bits per heavy atom. The number of nitrogens with zero attached hydrogens (tertiary/aromatic N) is 1. The largest absolute Gasteiger partial charge is 0.370 e. The first-order chi connectivity index (χ1) is 11.0. The summed E-state index contributed by atoms with van der Waals surface area (Å²) in [5.74, 6) is -3.00. The van der Waals surface area contributed by atoms with Crippen LogP contribution in [0.5, 0.6) is 0 Å². The van der Waals surface area contributed by atoms with Crippen molar-refractivity contribution in [3.63, 3.8) is 0 Å². The summed E-state index contributed by atoms with van der Waals surface area (Å²) in [6, 6.07) is 1.91. The second-order valence-corrected chi connectivity index (χ2v) is 7.76. The smallest absolute Gasteiger partial charge is 0.267 e. The third-order valence-corrected chi connectivity index (χ3v) is 6.27. The van der Waals surface area contributed by atoms with Gasteiger partial charge in [-0.15, -0.1) is 23.7 Å². The Morgan fingerprint density at radius 1 is 1.29 bits per heavy atom. The Bertz CT molecular complexity index is 632. The molecule has 2 fully saturated rings. The zero-order valence-electron chi connectivity index (χ0n) is 13.3. The summed E-state index contributed by atoms with van der Waals surface area (Å²) in [6.45, 7) is 2.15. The first-order valence-electron chi connectivity index (χ1n) is 8.14. The lowest BCUT2D eigenvalue weighted by molar-refractivity contribution is -0.0792. The predicted molar refractivity (Wildman–Crippen MR) is 90.5 cm³/mol. The molecule has 0 unspecified atom stereocenters. The molecule has 0 atom stereocenters. The molecular weight excluding hydrogens is 358 g/mol. The lowest BCUT2D eigenvalue weighted by atomic mass is 9.83. The van der Waals surface area contributed by atoms with E-state index in [1.165, 1.54) is 21.1 Å². The van der Waals surface area contributed by atoms with Crippen LogP contribution in [0.25, 0.3) is 0 Å². The van der Waals surface area contributed by atoms with Gasteiger partial charge in [-0.25, -0.2) is 8.78 Å². The Labute approximate surface area is 150 Å². The van der Waals surface area contributed by atoms with Crippen molar-refractivity contribution >= 4 is 29.7 Å². The molecule has 0 radical (unpaired) electrons. The summed E-state index contributed by atoms with van der Waals surface area (Å²) in [6.07, 6.45) is 2.36. The van der Waals surface area contributed by atoms with Crippen LogP contribution in [0.15, 0.2) is 6.07 Å². The average Bonchev–Trinajstić information content (AvgIpc) is 3.12. The Kier molecular flexibility index (Phi) is 4.90. The third kappa shape index (κ3) is 3.07. The number of likely N-dealkylation sites (tertiary alicyclic amines) is 1. The van der Waals surface area contributed by atoms with E-state index in [9.17, 15) is 13.6 Å². The van der Waals surface area contributed by atoms with Crippen molar-refractivity contribution in [3.05, 3.63) is 21.4 Å². The van der Waals surface area contributed by atoms with Gasteiger partial charge in [0.2, 0.25) is 0 Å². The standard InChI is InChI=1S/C16H20F2N2O2S.ClH/c17-16(18)4-7-20(10-16)14(21)13-9-11-12(23-13)1-8-22-15(11)2-5-19-6-3-15;/h9,19H,1-8,10H2;1H. The van der Waals surface area contributed by atoms with Crippen LogP contribution in [-0.4, -0.2) is 49.5 Å². The minimum atomic E-state index is -2.74. The highest BCUT2D eigenvalue weighted by molar-refractivity contribution is 7.14. The number of hydrogen-bond acceptors (Lipinski definition) is 4. The van der Waals surface area contributed by atoms with Gasteiger partial charge in [0.05, 0.1) is 23.6 Å². The van der Waals surface area contributed by atoms with Gasteiger partial charge in [0.15, 0.2) is 0 Å². The average molecular weight is 379 g/mol. The zero-order chi connectivity index (χ0) is 16.1. The Balaban J connectivity index is 0.00000169. The van der Waals surface area contributed by atoms with Crippen LogP contribution in [0.2, 0.25) is 0 Å². The van der Waals surface area contributed by atoms with Crippen LogP contribution in [0, 0.1) is 0 Å². The van der Waals surface area contributed by atoms with Gasteiger partial charge in [-0.05, 0) is 37.6 Å². The van der Waals surface area contributed by atoms with Crippen molar-refractivity contribution < 1.29 is 18.3 Å². The van der Waals surface area contributed by atoms with E-state index in [0.29, 0.717) is 11.5 Å². The molecule has 3 aliphatic heterocycles. The van der Waals surface area contributed by atoms with Gasteiger partial charge in [-0.3, -0.25) is 4.79 Å². The van der Waals surface area contributed by atoms with Crippen LogP contribution in [-0.2, 0) is 16.8 Å². The van der Waals surface area contributed by atoms with Crippen molar-refractivity contribution in [2.24, 2.45) is 0 Å². The first kappa shape index (κ1) is 18.0. The molecule has 0 aromatic carbocycles. The number of rotatable bonds is 1. The number of thiophene rings is 1. The summed E-state index contributed by atoms with van der Waals surface area (Å²) in [4.78, 5) is 15.6. The summed E-state index contributed by atoms with van der Waals surface area (Å²) in [5, 5.41) is 3.34. The van der Waals surface area contributed by atoms with Crippen LogP contribution < -0.4 is 5.32 Å². The fraction of sp³-hybridized carbons (Fsp3) is 0.688. The van der Waals surface area contributed by atoms with Gasteiger partial charge < -0.3 is 15.0 Å². The van der Waals surface area contributed by atoms with E-state index in [1.807, 2.05) is 6.07 Å². The number of piperidine rings is 1. The molecule has 0 aliphatic carbocycles. The maximum absolute atomic E-state index is 13.4. The highest BCUT2D eigenvalue weighted by Gasteiger charge is 2.43. The summed E-state index contributed by atoms with van der Waals surface area (Å²) < 4.78 is 32.8. The van der Waals surface area contributed by atoms with Gasteiger partial charge in [0.1, 0.15) is 0 Å². The van der Waals surface area contributed by atoms with Crippen LogP contribution >= 0.6 is 23.7 Å². The minimum Gasteiger partial charge on any atom is -0.370 e. The fourth-order valence-electron chi connectivity index (χ4n) is 3.83. The van der Waals surface area contributed by atoms with Crippen LogP contribution in [0.1, 0.15) is 39.4 Å². The molecule has 1 amide bonds. The lowest BCUT2D eigenvalue weighted by Gasteiger charge is -2.40. The molecule has 2 saturated heterocycles. The quantitative estimate of drug-likeness (QED) is 0.817. The Morgan fingerprint density at radius 2 is 2.04 bits per heavy atom. The molecule has 1 aromatic rings. The number of carbonyl (C=O) groups is 1. The van der Waals surface area contributed by atoms with Crippen molar-refractivity contribution in [1.82, 2.24) is 10.2 Å². The van der Waals surface area contributed by atoms with Crippen molar-refractivity contribution in [2.45, 2.75) is 37.2 Å². The SMILES string of the molecule is Cl.O=C(c1cc2c(s1)CCOC21CCNCC1)N1CCC(F)(F)C1. The molecule has 4 nitrogen and oxygen atoms in total. The predicted octanol–water partition coefficient (Wildman–Crippen LogP) is 2.80. The minimum absolute atomic E-state index is 0. The van der Waals surface area contributed by atoms with Gasteiger partial charge in [-0.1, -0.05) is 0 Å². The van der Waals surface area contributed by atoms with Crippen molar-refractivity contribution in [1.29, 1.82) is 0 Å². The molecule has 1 spiro atoms. The van der Waals surface area contributed by atoms with E-state index in [-0.39, 0.29) is 36.9 Å². The van der Waals surface area contributed by atoms with E-state index in [4.69, 9.17) is 4.74 Å². The van der Waals surface area contributed by atoms with E-state index in [1.54, 1.807) is 0 Å². The number of hydrogen-bond donors (Lipinski definition) is 1. The monoisotopic (exact) mass is 378 g/mol. The molecule has 134 valence electrons. The normalized spacial score (nSPS) is 24.5. The van der Waals surface area contributed by atoms with Gasteiger partial charge in [-0.2, -0.15) is 0 Å². The second-order valence-electron chi connectivity index (χ2n) is 6.62. The number of alkyl halides is 2. The van der Waals surface area contributed by atoms with Gasteiger partial charge in [0, 0.05) is 24.3 Å². The molecule has 1 aromatic heterocycles. The summed E-state index contributed by atoms with van der Waals surface area (Å²) in [5.41, 5.74) is 0.826. The first-order valence-corrected chi connectivity index (χ1v) is 8.96. The van der Waals surface area contributed by atoms with Crippen molar-refractivity contribution in [2.75, 3.05) is 32.8 Å². The van der Waals surface area contributed by atoms with Crippen LogP contribution in [0.3, 0.4) is 0 Å². The van der Waals surface area contributed by atoms with E-state index in [0.717, 1.165) is 37.9 Å². The zero-order valence-corrected chi connectivity index (χ0v) is 14.9. The molecular formula is C16H21ClF2N2O2S. The Hall–Kier alpha value is -0.760. The number of nitrogens with one attached hydrogen (secondary N) is 1. The van der Waals surface area contributed by atoms with E-state index in [2.05, 4.69) is 5.32 Å². The number of amides is 1. The maximum Gasteiger partial charge on any atom is 0.267 e. The summed E-state index contributed by atoms with van der Waals surface area (Å²) in [7, 11) is 0. The molecule has 0 saturated carbocycles. The molecule has 1 N–H and O–H groups in total. The molecule has 4 heterocycles. The highest BCUT2D eigenvalue weighted by atomic mass is 35.5. The number of halogens is 3. The molecule has 0 bridgehead atoms. The molecule has 3 aliphatic rings. The molecule has 24 heavy (non-hydrogen) atoms. The van der Waals surface area contributed by atoms with Gasteiger partial charge >= 0.3 is 0 Å².